The monoisotopic (exact) mass is 452 g/mol. The van der Waals surface area contributed by atoms with Crippen LogP contribution in [-0.2, 0) is 26.2 Å². The Morgan fingerprint density at radius 3 is 2.57 bits per heavy atom. The molecule has 1 aromatic heterocycles. The van der Waals surface area contributed by atoms with E-state index in [0.717, 1.165) is 22.3 Å². The van der Waals surface area contributed by atoms with Gasteiger partial charge in [-0.05, 0) is 43.2 Å². The normalized spacial score (nSPS) is 16.1. The first kappa shape index (κ1) is 20.8. The number of piperidine rings is 1. The molecule has 0 spiro atoms. The smallest absolute Gasteiger partial charge is 0.309 e. The number of carbonyl (C=O) groups is 1. The molecule has 1 saturated heterocycles. The number of rotatable bonds is 5. The lowest BCUT2D eigenvalue weighted by molar-refractivity contribution is -0.151. The van der Waals surface area contributed by atoms with Crippen molar-refractivity contribution in [3.05, 3.63) is 59.1 Å². The highest BCUT2D eigenvalue weighted by atomic mass is 32.2. The Bertz CT molecular complexity index is 1160. The number of benzene rings is 2. The molecule has 1 fully saturated rings. The second-order valence-corrected chi connectivity index (χ2v) is 9.99. The van der Waals surface area contributed by atoms with E-state index in [1.807, 2.05) is 24.3 Å². The number of thiazole rings is 1. The van der Waals surface area contributed by atoms with E-state index >= 15 is 0 Å². The summed E-state index contributed by atoms with van der Waals surface area (Å²) in [5, 5.41) is 0.697. The van der Waals surface area contributed by atoms with Crippen molar-refractivity contribution in [2.75, 3.05) is 13.1 Å². The van der Waals surface area contributed by atoms with Gasteiger partial charge in [0.1, 0.15) is 11.6 Å². The lowest BCUT2D eigenvalue weighted by atomic mass is 9.98. The van der Waals surface area contributed by atoms with Gasteiger partial charge in [0.2, 0.25) is 10.0 Å². The average molecular weight is 453 g/mol. The third kappa shape index (κ3) is 4.21. The molecule has 158 valence electrons. The van der Waals surface area contributed by atoms with Crippen molar-refractivity contribution in [3.63, 3.8) is 0 Å². The van der Waals surface area contributed by atoms with E-state index in [1.165, 1.54) is 15.6 Å². The maximum absolute atomic E-state index is 13.4. The number of carbonyl (C=O) groups excluding carboxylic acids is 1. The minimum absolute atomic E-state index is 0.0749. The van der Waals surface area contributed by atoms with E-state index in [2.05, 4.69) is 4.98 Å². The van der Waals surface area contributed by atoms with Crippen LogP contribution in [0.2, 0.25) is 0 Å². The van der Waals surface area contributed by atoms with Gasteiger partial charge in [-0.15, -0.1) is 11.3 Å². The molecule has 6 nitrogen and oxygen atoms in total. The number of fused-ring (bicyclic) bond motifs is 1. The first-order valence-electron chi connectivity index (χ1n) is 9.31. The molecule has 0 saturated carbocycles. The largest absolute Gasteiger partial charge is 0.458 e. The number of ether oxygens (including phenoxy) is 1. The van der Waals surface area contributed by atoms with E-state index in [0.29, 0.717) is 23.9 Å². The van der Waals surface area contributed by atoms with Crippen LogP contribution in [0, 0.1) is 17.6 Å². The number of hydrogen-bond donors (Lipinski definition) is 0. The van der Waals surface area contributed by atoms with Gasteiger partial charge in [-0.1, -0.05) is 12.1 Å². The Morgan fingerprint density at radius 2 is 1.87 bits per heavy atom. The number of esters is 1. The zero-order valence-electron chi connectivity index (χ0n) is 15.8. The van der Waals surface area contributed by atoms with Gasteiger partial charge >= 0.3 is 5.97 Å². The van der Waals surface area contributed by atoms with Crippen LogP contribution in [0.3, 0.4) is 0 Å². The van der Waals surface area contributed by atoms with E-state index in [4.69, 9.17) is 4.74 Å². The highest BCUT2D eigenvalue weighted by molar-refractivity contribution is 7.89. The lowest BCUT2D eigenvalue weighted by Crippen LogP contribution is -2.40. The fraction of sp³-hybridized carbons (Fsp3) is 0.300. The van der Waals surface area contributed by atoms with Crippen LogP contribution in [-0.4, -0.2) is 36.8 Å². The highest BCUT2D eigenvalue weighted by Crippen LogP contribution is 2.27. The maximum atomic E-state index is 13.4. The van der Waals surface area contributed by atoms with Gasteiger partial charge in [0.15, 0.2) is 11.6 Å². The number of sulfonamides is 1. The lowest BCUT2D eigenvalue weighted by Gasteiger charge is -2.30. The summed E-state index contributed by atoms with van der Waals surface area (Å²) in [5.74, 6) is -3.14. The number of aromatic nitrogens is 1. The van der Waals surface area contributed by atoms with Gasteiger partial charge in [0, 0.05) is 13.1 Å². The van der Waals surface area contributed by atoms with Crippen molar-refractivity contribution in [2.24, 2.45) is 5.92 Å². The average Bonchev–Trinajstić information content (AvgIpc) is 3.17. The Kier molecular flexibility index (Phi) is 5.81. The number of halogens is 2. The van der Waals surface area contributed by atoms with Crippen molar-refractivity contribution >= 4 is 37.5 Å². The van der Waals surface area contributed by atoms with Crippen LogP contribution in [0.4, 0.5) is 8.78 Å². The van der Waals surface area contributed by atoms with E-state index in [-0.39, 0.29) is 30.6 Å². The third-order valence-corrected chi connectivity index (χ3v) is 7.90. The standard InChI is InChI=1S/C20H18F2N2O4S2/c21-15-6-5-14(11-16(15)22)30(26,27)24-9-7-13(8-10-24)20(25)28-12-19-23-17-3-1-2-4-18(17)29-19/h1-6,11,13H,7-10,12H2. The van der Waals surface area contributed by atoms with Crippen molar-refractivity contribution in [1.29, 1.82) is 0 Å². The quantitative estimate of drug-likeness (QED) is 0.552. The number of para-hydroxylation sites is 1. The zero-order valence-corrected chi connectivity index (χ0v) is 17.4. The van der Waals surface area contributed by atoms with Gasteiger partial charge < -0.3 is 4.74 Å². The SMILES string of the molecule is O=C(OCc1nc2ccccc2s1)C1CCN(S(=O)(=O)c2ccc(F)c(F)c2)CC1. The minimum Gasteiger partial charge on any atom is -0.458 e. The summed E-state index contributed by atoms with van der Waals surface area (Å²) < 4.78 is 59.3. The molecule has 10 heteroatoms. The molecule has 3 aromatic rings. The summed E-state index contributed by atoms with van der Waals surface area (Å²) in [7, 11) is -3.95. The Morgan fingerprint density at radius 1 is 1.13 bits per heavy atom. The molecular weight excluding hydrogens is 434 g/mol. The molecule has 0 radical (unpaired) electrons. The molecule has 1 aliphatic rings. The van der Waals surface area contributed by atoms with Crippen LogP contribution in [0.25, 0.3) is 10.2 Å². The Hall–Kier alpha value is -2.43. The fourth-order valence-electron chi connectivity index (χ4n) is 3.35. The fourth-order valence-corrected chi connectivity index (χ4v) is 5.71. The van der Waals surface area contributed by atoms with Crippen molar-refractivity contribution in [1.82, 2.24) is 9.29 Å². The predicted molar refractivity (Wildman–Crippen MR) is 107 cm³/mol. The molecule has 30 heavy (non-hydrogen) atoms. The summed E-state index contributed by atoms with van der Waals surface area (Å²) >= 11 is 1.46. The van der Waals surface area contributed by atoms with Gasteiger partial charge in [-0.25, -0.2) is 22.2 Å². The highest BCUT2D eigenvalue weighted by Gasteiger charge is 2.33. The Balaban J connectivity index is 1.34. The van der Waals surface area contributed by atoms with E-state index in [9.17, 15) is 22.0 Å². The van der Waals surface area contributed by atoms with Crippen LogP contribution < -0.4 is 0 Å². The number of hydrogen-bond acceptors (Lipinski definition) is 6. The first-order valence-corrected chi connectivity index (χ1v) is 11.6. The molecule has 0 N–H and O–H groups in total. The van der Waals surface area contributed by atoms with Crippen molar-refractivity contribution in [2.45, 2.75) is 24.3 Å². The Labute approximate surface area is 176 Å². The predicted octanol–water partition coefficient (Wildman–Crippen LogP) is 3.72. The summed E-state index contributed by atoms with van der Waals surface area (Å²) in [4.78, 5) is 16.5. The second-order valence-electron chi connectivity index (χ2n) is 6.94. The molecule has 0 atom stereocenters. The summed E-state index contributed by atoms with van der Waals surface area (Å²) in [6.45, 7) is 0.274. The van der Waals surface area contributed by atoms with E-state index in [1.54, 1.807) is 0 Å². The van der Waals surface area contributed by atoms with Crippen LogP contribution in [0.15, 0.2) is 47.4 Å². The first-order chi connectivity index (χ1) is 14.3. The molecule has 2 aromatic carbocycles. The van der Waals surface area contributed by atoms with Gasteiger partial charge in [0.25, 0.3) is 0 Å². The van der Waals surface area contributed by atoms with Gasteiger partial charge in [-0.2, -0.15) is 4.31 Å². The minimum atomic E-state index is -3.95. The molecule has 0 unspecified atom stereocenters. The molecule has 2 heterocycles. The number of nitrogens with zero attached hydrogens (tertiary/aromatic N) is 2. The molecule has 0 amide bonds. The molecule has 0 aliphatic carbocycles. The molecule has 1 aliphatic heterocycles. The van der Waals surface area contributed by atoms with Gasteiger partial charge in [0.05, 0.1) is 21.0 Å². The molecular formula is C20H18F2N2O4S2. The summed E-state index contributed by atoms with van der Waals surface area (Å²) in [6.07, 6.45) is 0.586. The van der Waals surface area contributed by atoms with Crippen LogP contribution >= 0.6 is 11.3 Å². The van der Waals surface area contributed by atoms with E-state index < -0.39 is 27.6 Å². The van der Waals surface area contributed by atoms with Crippen molar-refractivity contribution in [3.8, 4) is 0 Å². The molecule has 0 bridgehead atoms. The van der Waals surface area contributed by atoms with Crippen LogP contribution in [0.1, 0.15) is 17.8 Å². The maximum Gasteiger partial charge on any atom is 0.309 e. The molecule has 4 rings (SSSR count). The third-order valence-electron chi connectivity index (χ3n) is 4.99. The van der Waals surface area contributed by atoms with Crippen molar-refractivity contribution < 1.29 is 26.7 Å². The second kappa shape index (κ2) is 8.37. The topological polar surface area (TPSA) is 76.6 Å². The summed E-state index contributed by atoms with van der Waals surface area (Å²) in [6, 6.07) is 10.1. The summed E-state index contributed by atoms with van der Waals surface area (Å²) in [5.41, 5.74) is 0.851. The zero-order chi connectivity index (χ0) is 21.3. The van der Waals surface area contributed by atoms with Gasteiger partial charge in [-0.3, -0.25) is 4.79 Å². The van der Waals surface area contributed by atoms with Crippen LogP contribution in [0.5, 0.6) is 0 Å².